The zero-order valence-corrected chi connectivity index (χ0v) is 15.7. The molecule has 1 aromatic carbocycles. The first kappa shape index (κ1) is 18.5. The van der Waals surface area contributed by atoms with E-state index in [0.717, 1.165) is 43.7 Å². The Labute approximate surface area is 154 Å². The van der Waals surface area contributed by atoms with Gasteiger partial charge in [-0.15, -0.1) is 0 Å². The first-order valence-electron chi connectivity index (χ1n) is 9.05. The van der Waals surface area contributed by atoms with Crippen molar-refractivity contribution >= 4 is 23.6 Å². The molecule has 0 aliphatic carbocycles. The molecule has 2 aliphatic rings. The molecule has 2 saturated heterocycles. The second-order valence-corrected chi connectivity index (χ2v) is 8.26. The quantitative estimate of drug-likeness (QED) is 0.495. The minimum atomic E-state index is -0.554. The number of para-hydroxylation sites is 1. The SMILES string of the molecule is CC(C)(C)C(=O)N1CC2(CCCN2c2ccccc2/C=C/C(=O)NO)C1. The minimum absolute atomic E-state index is 0.00983. The van der Waals surface area contributed by atoms with Gasteiger partial charge in [0, 0.05) is 36.8 Å². The number of carbonyl (C=O) groups is 2. The molecule has 6 heteroatoms. The summed E-state index contributed by atoms with van der Waals surface area (Å²) in [4.78, 5) is 28.2. The lowest BCUT2D eigenvalue weighted by Crippen LogP contribution is -2.70. The molecule has 2 heterocycles. The molecule has 6 nitrogen and oxygen atoms in total. The summed E-state index contributed by atoms with van der Waals surface area (Å²) < 4.78 is 0. The molecule has 1 spiro atoms. The molecule has 140 valence electrons. The van der Waals surface area contributed by atoms with Crippen molar-refractivity contribution in [1.82, 2.24) is 10.4 Å². The van der Waals surface area contributed by atoms with Gasteiger partial charge in [-0.3, -0.25) is 14.8 Å². The van der Waals surface area contributed by atoms with Crippen molar-refractivity contribution < 1.29 is 14.8 Å². The largest absolute Gasteiger partial charge is 0.362 e. The van der Waals surface area contributed by atoms with Crippen LogP contribution in [0.1, 0.15) is 39.2 Å². The molecule has 2 fully saturated rings. The maximum atomic E-state index is 12.5. The van der Waals surface area contributed by atoms with Gasteiger partial charge >= 0.3 is 0 Å². The number of nitrogens with one attached hydrogen (secondary N) is 1. The van der Waals surface area contributed by atoms with Gasteiger partial charge in [-0.05, 0) is 30.5 Å². The van der Waals surface area contributed by atoms with Gasteiger partial charge in [0.05, 0.1) is 5.54 Å². The molecule has 0 radical (unpaired) electrons. The van der Waals surface area contributed by atoms with Crippen LogP contribution in [-0.2, 0) is 9.59 Å². The summed E-state index contributed by atoms with van der Waals surface area (Å²) in [5, 5.41) is 8.67. The number of nitrogens with zero attached hydrogens (tertiary/aromatic N) is 2. The Hall–Kier alpha value is -2.34. The average Bonchev–Trinajstić information content (AvgIpc) is 3.01. The smallest absolute Gasteiger partial charge is 0.267 e. The second kappa shape index (κ2) is 6.76. The van der Waals surface area contributed by atoms with Crippen molar-refractivity contribution in [2.45, 2.75) is 39.2 Å². The maximum Gasteiger partial charge on any atom is 0.267 e. The fourth-order valence-electron chi connectivity index (χ4n) is 4.00. The number of benzene rings is 1. The van der Waals surface area contributed by atoms with Gasteiger partial charge in [0.15, 0.2) is 0 Å². The molecule has 0 unspecified atom stereocenters. The highest BCUT2D eigenvalue weighted by Gasteiger charge is 2.53. The van der Waals surface area contributed by atoms with Crippen LogP contribution in [0, 0.1) is 5.41 Å². The van der Waals surface area contributed by atoms with E-state index < -0.39 is 5.91 Å². The Morgan fingerprint density at radius 2 is 1.92 bits per heavy atom. The van der Waals surface area contributed by atoms with Gasteiger partial charge in [0.25, 0.3) is 5.91 Å². The second-order valence-electron chi connectivity index (χ2n) is 8.26. The predicted molar refractivity (Wildman–Crippen MR) is 101 cm³/mol. The van der Waals surface area contributed by atoms with Crippen molar-refractivity contribution in [3.8, 4) is 0 Å². The molecular formula is C20H27N3O3. The van der Waals surface area contributed by atoms with E-state index in [1.54, 1.807) is 11.6 Å². The van der Waals surface area contributed by atoms with Crippen molar-refractivity contribution in [3.63, 3.8) is 0 Å². The molecule has 0 atom stereocenters. The van der Waals surface area contributed by atoms with Crippen LogP contribution >= 0.6 is 0 Å². The van der Waals surface area contributed by atoms with Crippen LogP contribution in [0.2, 0.25) is 0 Å². The van der Waals surface area contributed by atoms with E-state index in [0.29, 0.717) is 0 Å². The summed E-state index contributed by atoms with van der Waals surface area (Å²) >= 11 is 0. The van der Waals surface area contributed by atoms with E-state index in [1.807, 2.05) is 43.9 Å². The standard InChI is InChI=1S/C20H27N3O3/c1-19(2,3)18(25)22-13-20(14-22)11-6-12-23(20)16-8-5-4-7-15(16)9-10-17(24)21-26/h4-5,7-10,26H,6,11-14H2,1-3H3,(H,21,24)/b10-9+. The third-order valence-corrected chi connectivity index (χ3v) is 5.25. The zero-order valence-electron chi connectivity index (χ0n) is 15.7. The van der Waals surface area contributed by atoms with Crippen LogP contribution < -0.4 is 10.4 Å². The maximum absolute atomic E-state index is 12.5. The van der Waals surface area contributed by atoms with E-state index in [4.69, 9.17) is 5.21 Å². The minimum Gasteiger partial charge on any atom is -0.362 e. The third kappa shape index (κ3) is 3.33. The van der Waals surface area contributed by atoms with Crippen molar-refractivity contribution in [1.29, 1.82) is 0 Å². The first-order chi connectivity index (χ1) is 12.3. The molecule has 2 N–H and O–H groups in total. The summed E-state index contributed by atoms with van der Waals surface area (Å²) in [7, 11) is 0. The van der Waals surface area contributed by atoms with Gasteiger partial charge in [0.2, 0.25) is 5.91 Å². The lowest BCUT2D eigenvalue weighted by molar-refractivity contribution is -0.147. The summed E-state index contributed by atoms with van der Waals surface area (Å²) in [5.41, 5.74) is 3.24. The average molecular weight is 357 g/mol. The number of hydrogen-bond donors (Lipinski definition) is 2. The number of amides is 2. The monoisotopic (exact) mass is 357 g/mol. The summed E-state index contributed by atoms with van der Waals surface area (Å²) in [5.74, 6) is -0.357. The fourth-order valence-corrected chi connectivity index (χ4v) is 4.00. The number of hydrogen-bond acceptors (Lipinski definition) is 4. The van der Waals surface area contributed by atoms with Crippen molar-refractivity contribution in [2.24, 2.45) is 5.41 Å². The van der Waals surface area contributed by atoms with Gasteiger partial charge < -0.3 is 9.80 Å². The normalized spacial score (nSPS) is 19.1. The highest BCUT2D eigenvalue weighted by molar-refractivity contribution is 5.92. The van der Waals surface area contributed by atoms with E-state index in [-0.39, 0.29) is 16.9 Å². The number of hydroxylamine groups is 1. The molecular weight excluding hydrogens is 330 g/mol. The zero-order chi connectivity index (χ0) is 18.9. The van der Waals surface area contributed by atoms with Crippen LogP contribution in [-0.4, -0.2) is 47.1 Å². The molecule has 0 bridgehead atoms. The van der Waals surface area contributed by atoms with Crippen LogP contribution in [0.3, 0.4) is 0 Å². The fraction of sp³-hybridized carbons (Fsp3) is 0.500. The number of carbonyl (C=O) groups excluding carboxylic acids is 2. The van der Waals surface area contributed by atoms with E-state index in [1.165, 1.54) is 6.08 Å². The Kier molecular flexibility index (Phi) is 4.80. The number of rotatable bonds is 3. The van der Waals surface area contributed by atoms with Crippen LogP contribution in [0.15, 0.2) is 30.3 Å². The Balaban J connectivity index is 1.81. The summed E-state index contributed by atoms with van der Waals surface area (Å²) in [6, 6.07) is 7.93. The van der Waals surface area contributed by atoms with Gasteiger partial charge in [-0.25, -0.2) is 5.48 Å². The van der Waals surface area contributed by atoms with E-state index in [9.17, 15) is 9.59 Å². The van der Waals surface area contributed by atoms with Gasteiger partial charge in [-0.2, -0.15) is 0 Å². The topological polar surface area (TPSA) is 72.9 Å². The van der Waals surface area contributed by atoms with Gasteiger partial charge in [-0.1, -0.05) is 39.0 Å². The lowest BCUT2D eigenvalue weighted by Gasteiger charge is -2.55. The highest BCUT2D eigenvalue weighted by atomic mass is 16.5. The molecule has 0 saturated carbocycles. The number of likely N-dealkylation sites (tertiary alicyclic amines) is 1. The van der Waals surface area contributed by atoms with Crippen LogP contribution in [0.5, 0.6) is 0 Å². The highest BCUT2D eigenvalue weighted by Crippen LogP contribution is 2.43. The molecule has 3 rings (SSSR count). The number of anilines is 1. The lowest BCUT2D eigenvalue weighted by atomic mass is 9.83. The molecule has 1 aromatic rings. The Morgan fingerprint density at radius 1 is 1.23 bits per heavy atom. The molecule has 2 amide bonds. The third-order valence-electron chi connectivity index (χ3n) is 5.25. The Bertz CT molecular complexity index is 730. The van der Waals surface area contributed by atoms with Gasteiger partial charge in [0.1, 0.15) is 0 Å². The summed E-state index contributed by atoms with van der Waals surface area (Å²) in [6.45, 7) is 8.31. The molecule has 26 heavy (non-hydrogen) atoms. The first-order valence-corrected chi connectivity index (χ1v) is 9.05. The molecule has 2 aliphatic heterocycles. The summed E-state index contributed by atoms with van der Waals surface area (Å²) in [6.07, 6.45) is 5.18. The van der Waals surface area contributed by atoms with E-state index >= 15 is 0 Å². The van der Waals surface area contributed by atoms with Crippen LogP contribution in [0.25, 0.3) is 6.08 Å². The predicted octanol–water partition coefficient (Wildman–Crippen LogP) is 2.43. The van der Waals surface area contributed by atoms with E-state index in [2.05, 4.69) is 11.0 Å². The molecule has 0 aromatic heterocycles. The van der Waals surface area contributed by atoms with Crippen molar-refractivity contribution in [3.05, 3.63) is 35.9 Å². The Morgan fingerprint density at radius 3 is 2.58 bits per heavy atom. The van der Waals surface area contributed by atoms with Crippen molar-refractivity contribution in [2.75, 3.05) is 24.5 Å². The van der Waals surface area contributed by atoms with Crippen LogP contribution in [0.4, 0.5) is 5.69 Å².